The Morgan fingerprint density at radius 1 is 1.05 bits per heavy atom. The number of aryl methyl sites for hydroxylation is 1. The molecule has 2 nitrogen and oxygen atoms in total. The summed E-state index contributed by atoms with van der Waals surface area (Å²) < 4.78 is 0. The highest BCUT2D eigenvalue weighted by molar-refractivity contribution is 7.98. The van der Waals surface area contributed by atoms with Crippen molar-refractivity contribution in [1.29, 1.82) is 0 Å². The van der Waals surface area contributed by atoms with E-state index in [4.69, 9.17) is 12.2 Å². The van der Waals surface area contributed by atoms with Gasteiger partial charge in [-0.3, -0.25) is 0 Å². The van der Waals surface area contributed by atoms with Crippen molar-refractivity contribution >= 4 is 40.5 Å². The Morgan fingerprint density at radius 2 is 1.75 bits per heavy atom. The van der Waals surface area contributed by atoms with Gasteiger partial charge in [0.05, 0.1) is 0 Å². The van der Waals surface area contributed by atoms with Crippen LogP contribution in [0.4, 0.5) is 11.4 Å². The van der Waals surface area contributed by atoms with Crippen LogP contribution in [0.1, 0.15) is 12.5 Å². The molecule has 2 aromatic carbocycles. The van der Waals surface area contributed by atoms with Gasteiger partial charge in [-0.05, 0) is 60.8 Å². The lowest BCUT2D eigenvalue weighted by molar-refractivity contribution is 1.14. The highest BCUT2D eigenvalue weighted by atomic mass is 32.2. The Hall–Kier alpha value is -1.52. The molecule has 2 N–H and O–H groups in total. The van der Waals surface area contributed by atoms with Crippen LogP contribution < -0.4 is 10.6 Å². The average molecular weight is 302 g/mol. The third-order valence-corrected chi connectivity index (χ3v) is 3.94. The minimum absolute atomic E-state index is 0.614. The average Bonchev–Trinajstić information content (AvgIpc) is 2.48. The monoisotopic (exact) mass is 302 g/mol. The third-order valence-electron chi connectivity index (χ3n) is 2.99. The van der Waals surface area contributed by atoms with Crippen molar-refractivity contribution in [2.75, 3.05) is 16.9 Å². The fourth-order valence-electron chi connectivity index (χ4n) is 1.91. The van der Waals surface area contributed by atoms with Crippen molar-refractivity contribution in [3.63, 3.8) is 0 Å². The van der Waals surface area contributed by atoms with Gasteiger partial charge in [-0.2, -0.15) is 0 Å². The molecule has 4 heteroatoms. The van der Waals surface area contributed by atoms with Crippen molar-refractivity contribution in [3.8, 4) is 0 Å². The summed E-state index contributed by atoms with van der Waals surface area (Å²) in [6.45, 7) is 2.14. The highest BCUT2D eigenvalue weighted by Crippen LogP contribution is 2.19. The molecule has 0 aromatic heterocycles. The van der Waals surface area contributed by atoms with E-state index < -0.39 is 0 Å². The minimum atomic E-state index is 0.614. The van der Waals surface area contributed by atoms with E-state index in [1.165, 1.54) is 10.5 Å². The van der Waals surface area contributed by atoms with Gasteiger partial charge in [0.1, 0.15) is 0 Å². The number of thioether (sulfide) groups is 1. The summed E-state index contributed by atoms with van der Waals surface area (Å²) in [6, 6.07) is 16.4. The van der Waals surface area contributed by atoms with Crippen LogP contribution in [0.2, 0.25) is 0 Å². The first-order valence-electron chi connectivity index (χ1n) is 6.53. The molecule has 0 heterocycles. The quantitative estimate of drug-likeness (QED) is 0.627. The van der Waals surface area contributed by atoms with Crippen LogP contribution in [-0.2, 0) is 6.42 Å². The Labute approximate surface area is 130 Å². The molecule has 0 saturated carbocycles. The Kier molecular flexibility index (Phi) is 5.44. The fourth-order valence-corrected chi connectivity index (χ4v) is 2.55. The summed E-state index contributed by atoms with van der Waals surface area (Å²) >= 11 is 7.09. The molecule has 0 unspecified atom stereocenters. The van der Waals surface area contributed by atoms with Gasteiger partial charge in [-0.25, -0.2) is 0 Å². The SMILES string of the molecule is CCc1ccccc1NC(=S)Nc1ccc(SC)cc1. The fraction of sp³-hybridized carbons (Fsp3) is 0.188. The summed E-state index contributed by atoms with van der Waals surface area (Å²) in [6.07, 6.45) is 3.05. The minimum Gasteiger partial charge on any atom is -0.332 e. The lowest BCUT2D eigenvalue weighted by Crippen LogP contribution is -2.19. The maximum absolute atomic E-state index is 5.36. The molecule has 0 aliphatic carbocycles. The summed E-state index contributed by atoms with van der Waals surface area (Å²) in [5.41, 5.74) is 3.32. The second-order valence-corrected chi connectivity index (χ2v) is 5.61. The molecule has 0 saturated heterocycles. The Morgan fingerprint density at radius 3 is 2.40 bits per heavy atom. The smallest absolute Gasteiger partial charge is 0.175 e. The van der Waals surface area contributed by atoms with Crippen LogP contribution in [0, 0.1) is 0 Å². The molecule has 0 spiro atoms. The maximum atomic E-state index is 5.36. The van der Waals surface area contributed by atoms with Crippen LogP contribution in [0.3, 0.4) is 0 Å². The first-order chi connectivity index (χ1) is 9.72. The molecular formula is C16H18N2S2. The van der Waals surface area contributed by atoms with Gasteiger partial charge in [0.15, 0.2) is 5.11 Å². The lowest BCUT2D eigenvalue weighted by Gasteiger charge is -2.13. The van der Waals surface area contributed by atoms with E-state index in [-0.39, 0.29) is 0 Å². The molecule has 104 valence electrons. The summed E-state index contributed by atoms with van der Waals surface area (Å²) in [5, 5.41) is 7.07. The zero-order valence-corrected chi connectivity index (χ0v) is 13.3. The van der Waals surface area contributed by atoms with Gasteiger partial charge in [0, 0.05) is 16.3 Å². The Bertz CT molecular complexity index is 579. The van der Waals surface area contributed by atoms with Crippen LogP contribution in [0.15, 0.2) is 53.4 Å². The van der Waals surface area contributed by atoms with Gasteiger partial charge in [-0.1, -0.05) is 25.1 Å². The summed E-state index contributed by atoms with van der Waals surface area (Å²) in [4.78, 5) is 1.24. The van der Waals surface area contributed by atoms with E-state index in [0.29, 0.717) is 5.11 Å². The van der Waals surface area contributed by atoms with Crippen molar-refractivity contribution in [2.24, 2.45) is 0 Å². The number of benzene rings is 2. The second kappa shape index (κ2) is 7.31. The predicted molar refractivity (Wildman–Crippen MR) is 93.9 cm³/mol. The standard InChI is InChI=1S/C16H18N2S2/c1-3-12-6-4-5-7-15(12)18-16(19)17-13-8-10-14(20-2)11-9-13/h4-11H,3H2,1-2H3,(H2,17,18,19). The first kappa shape index (κ1) is 14.9. The molecule has 0 aliphatic heterocycles. The largest absolute Gasteiger partial charge is 0.332 e. The van der Waals surface area contributed by atoms with E-state index in [2.05, 4.69) is 42.0 Å². The number of nitrogens with one attached hydrogen (secondary N) is 2. The number of hydrogen-bond acceptors (Lipinski definition) is 2. The number of para-hydroxylation sites is 1. The molecule has 0 atom stereocenters. The van der Waals surface area contributed by atoms with Crippen molar-refractivity contribution in [3.05, 3.63) is 54.1 Å². The van der Waals surface area contributed by atoms with Crippen molar-refractivity contribution < 1.29 is 0 Å². The molecule has 0 fully saturated rings. The molecular weight excluding hydrogens is 284 g/mol. The number of thiocarbonyl (C=S) groups is 1. The van der Waals surface area contributed by atoms with Gasteiger partial charge >= 0.3 is 0 Å². The predicted octanol–water partition coefficient (Wildman–Crippen LogP) is 4.78. The maximum Gasteiger partial charge on any atom is 0.175 e. The van der Waals surface area contributed by atoms with Gasteiger partial charge in [0.2, 0.25) is 0 Å². The topological polar surface area (TPSA) is 24.1 Å². The van der Waals surface area contributed by atoms with Gasteiger partial charge in [0.25, 0.3) is 0 Å². The molecule has 2 rings (SSSR count). The Balaban J connectivity index is 2.01. The zero-order valence-electron chi connectivity index (χ0n) is 11.6. The summed E-state index contributed by atoms with van der Waals surface area (Å²) in [5.74, 6) is 0. The molecule has 0 amide bonds. The van der Waals surface area contributed by atoms with E-state index in [1.807, 2.05) is 30.3 Å². The van der Waals surface area contributed by atoms with E-state index >= 15 is 0 Å². The van der Waals surface area contributed by atoms with Crippen LogP contribution in [0.25, 0.3) is 0 Å². The van der Waals surface area contributed by atoms with E-state index in [1.54, 1.807) is 11.8 Å². The van der Waals surface area contributed by atoms with Crippen LogP contribution in [0.5, 0.6) is 0 Å². The normalized spacial score (nSPS) is 10.1. The van der Waals surface area contributed by atoms with Gasteiger partial charge < -0.3 is 10.6 Å². The van der Waals surface area contributed by atoms with Crippen LogP contribution in [-0.4, -0.2) is 11.4 Å². The molecule has 2 aromatic rings. The van der Waals surface area contributed by atoms with E-state index in [0.717, 1.165) is 17.8 Å². The number of anilines is 2. The van der Waals surface area contributed by atoms with Crippen LogP contribution >= 0.6 is 24.0 Å². The molecule has 0 aliphatic rings. The molecule has 0 radical (unpaired) electrons. The molecule has 0 bridgehead atoms. The van der Waals surface area contributed by atoms with Gasteiger partial charge in [-0.15, -0.1) is 11.8 Å². The first-order valence-corrected chi connectivity index (χ1v) is 8.16. The highest BCUT2D eigenvalue weighted by Gasteiger charge is 2.02. The zero-order chi connectivity index (χ0) is 14.4. The van der Waals surface area contributed by atoms with E-state index in [9.17, 15) is 0 Å². The number of hydrogen-bond donors (Lipinski definition) is 2. The molecule has 20 heavy (non-hydrogen) atoms. The third kappa shape index (κ3) is 3.99. The second-order valence-electron chi connectivity index (χ2n) is 4.32. The summed E-state index contributed by atoms with van der Waals surface area (Å²) in [7, 11) is 0. The van der Waals surface area contributed by atoms with Crippen molar-refractivity contribution in [1.82, 2.24) is 0 Å². The lowest BCUT2D eigenvalue weighted by atomic mass is 10.1. The number of rotatable bonds is 4. The van der Waals surface area contributed by atoms with Crippen molar-refractivity contribution in [2.45, 2.75) is 18.2 Å².